The van der Waals surface area contributed by atoms with Gasteiger partial charge in [-0.05, 0) is 25.7 Å². The van der Waals surface area contributed by atoms with Gasteiger partial charge in [0.25, 0.3) is 0 Å². The van der Waals surface area contributed by atoms with E-state index >= 15 is 0 Å². The summed E-state index contributed by atoms with van der Waals surface area (Å²) < 4.78 is 7.58. The van der Waals surface area contributed by atoms with Gasteiger partial charge in [0.15, 0.2) is 0 Å². The molecule has 0 spiro atoms. The van der Waals surface area contributed by atoms with Crippen LogP contribution in [0.4, 0.5) is 0 Å². The maximum atomic E-state index is 6.07. The molecular formula is C14H24N4O. The quantitative estimate of drug-likeness (QED) is 0.769. The minimum Gasteiger partial charge on any atom is -0.383 e. The Morgan fingerprint density at radius 3 is 2.84 bits per heavy atom. The molecule has 2 N–H and O–H groups in total. The zero-order valence-corrected chi connectivity index (χ0v) is 11.7. The molecular weight excluding hydrogens is 240 g/mol. The lowest BCUT2D eigenvalue weighted by Gasteiger charge is -2.31. The number of aromatic nitrogens is 2. The molecule has 2 aliphatic carbocycles. The van der Waals surface area contributed by atoms with Gasteiger partial charge in [-0.25, -0.2) is 4.98 Å². The fourth-order valence-electron chi connectivity index (χ4n) is 2.85. The highest BCUT2D eigenvalue weighted by molar-refractivity contribution is 5.11. The van der Waals surface area contributed by atoms with Crippen molar-refractivity contribution in [3.63, 3.8) is 0 Å². The normalized spacial score (nSPS) is 21.0. The van der Waals surface area contributed by atoms with Crippen molar-refractivity contribution in [2.24, 2.45) is 5.73 Å². The molecule has 1 atom stereocenters. The first-order chi connectivity index (χ1) is 9.35. The van der Waals surface area contributed by atoms with Crippen LogP contribution in [0.3, 0.4) is 0 Å². The molecule has 1 aromatic heterocycles. The van der Waals surface area contributed by atoms with Gasteiger partial charge in [0.05, 0.1) is 24.7 Å². The number of imidazole rings is 1. The Morgan fingerprint density at radius 2 is 2.26 bits per heavy atom. The molecule has 19 heavy (non-hydrogen) atoms. The molecule has 2 aliphatic rings. The third-order valence-electron chi connectivity index (χ3n) is 4.17. The minimum atomic E-state index is 0.283. The first-order valence-electron chi connectivity index (χ1n) is 7.31. The zero-order valence-electron chi connectivity index (χ0n) is 11.7. The van der Waals surface area contributed by atoms with E-state index in [0.29, 0.717) is 18.6 Å². The van der Waals surface area contributed by atoms with Crippen molar-refractivity contribution in [1.82, 2.24) is 14.5 Å². The number of nitrogens with zero attached hydrogens (tertiary/aromatic N) is 3. The molecule has 0 amide bonds. The molecule has 1 unspecified atom stereocenters. The predicted molar refractivity (Wildman–Crippen MR) is 73.9 cm³/mol. The fraction of sp³-hybridized carbons (Fsp3) is 0.786. The van der Waals surface area contributed by atoms with Crippen LogP contribution in [-0.4, -0.2) is 47.3 Å². The summed E-state index contributed by atoms with van der Waals surface area (Å²) in [5, 5.41) is 0. The number of methoxy groups -OCH3 is 1. The van der Waals surface area contributed by atoms with Crippen LogP contribution < -0.4 is 5.73 Å². The van der Waals surface area contributed by atoms with Crippen LogP contribution in [0.5, 0.6) is 0 Å². The van der Waals surface area contributed by atoms with E-state index in [1.54, 1.807) is 7.11 Å². The average Bonchev–Trinajstić information content (AvgIpc) is 3.34. The van der Waals surface area contributed by atoms with Crippen molar-refractivity contribution in [3.05, 3.63) is 18.2 Å². The monoisotopic (exact) mass is 264 g/mol. The fourth-order valence-corrected chi connectivity index (χ4v) is 2.85. The van der Waals surface area contributed by atoms with Gasteiger partial charge in [-0.15, -0.1) is 0 Å². The Hall–Kier alpha value is -0.910. The first kappa shape index (κ1) is 13.1. The maximum Gasteiger partial charge on any atom is 0.0951 e. The van der Waals surface area contributed by atoms with Gasteiger partial charge in [-0.2, -0.15) is 0 Å². The van der Waals surface area contributed by atoms with E-state index in [9.17, 15) is 0 Å². The zero-order chi connectivity index (χ0) is 13.2. The highest BCUT2D eigenvalue weighted by Gasteiger charge is 2.36. The lowest BCUT2D eigenvalue weighted by Crippen LogP contribution is -2.38. The van der Waals surface area contributed by atoms with Crippen LogP contribution in [0.1, 0.15) is 43.5 Å². The molecule has 0 aromatic carbocycles. The van der Waals surface area contributed by atoms with Crippen molar-refractivity contribution < 1.29 is 4.74 Å². The third kappa shape index (κ3) is 2.83. The average molecular weight is 264 g/mol. The highest BCUT2D eigenvalue weighted by atomic mass is 16.5. The smallest absolute Gasteiger partial charge is 0.0951 e. The second-order valence-corrected chi connectivity index (χ2v) is 5.67. The highest BCUT2D eigenvalue weighted by Crippen LogP contribution is 2.39. The second-order valence-electron chi connectivity index (χ2n) is 5.67. The largest absolute Gasteiger partial charge is 0.383 e. The second kappa shape index (κ2) is 5.61. The van der Waals surface area contributed by atoms with E-state index in [1.807, 2.05) is 12.5 Å². The van der Waals surface area contributed by atoms with Crippen LogP contribution in [-0.2, 0) is 4.74 Å². The molecule has 0 aliphatic heterocycles. The summed E-state index contributed by atoms with van der Waals surface area (Å²) in [5.74, 6) is 0. The summed E-state index contributed by atoms with van der Waals surface area (Å²) in [4.78, 5) is 6.86. The summed E-state index contributed by atoms with van der Waals surface area (Å²) in [6, 6.07) is 1.63. The van der Waals surface area contributed by atoms with Crippen LogP contribution in [0, 0.1) is 0 Å². The molecule has 0 bridgehead atoms. The van der Waals surface area contributed by atoms with Crippen molar-refractivity contribution in [1.29, 1.82) is 0 Å². The summed E-state index contributed by atoms with van der Waals surface area (Å²) >= 11 is 0. The summed E-state index contributed by atoms with van der Waals surface area (Å²) in [6.07, 6.45) is 9.11. The van der Waals surface area contributed by atoms with Crippen LogP contribution in [0.25, 0.3) is 0 Å². The van der Waals surface area contributed by atoms with E-state index in [-0.39, 0.29) is 6.04 Å². The van der Waals surface area contributed by atoms with Gasteiger partial charge in [0, 0.05) is 38.5 Å². The number of ether oxygens (including phenoxy) is 1. The standard InChI is InChI=1S/C14H24N4O/c1-19-7-6-17(11-2-3-11)13(8-15)14-9-16-10-18(14)12-4-5-12/h9-13H,2-8,15H2,1H3. The number of hydrogen-bond acceptors (Lipinski definition) is 4. The van der Waals surface area contributed by atoms with Crippen molar-refractivity contribution in [2.45, 2.75) is 43.8 Å². The number of hydrogen-bond donors (Lipinski definition) is 1. The van der Waals surface area contributed by atoms with Crippen LogP contribution >= 0.6 is 0 Å². The Kier molecular flexibility index (Phi) is 3.86. The van der Waals surface area contributed by atoms with E-state index < -0.39 is 0 Å². The Bertz CT molecular complexity index is 411. The van der Waals surface area contributed by atoms with E-state index in [2.05, 4.69) is 14.5 Å². The molecule has 1 heterocycles. The predicted octanol–water partition coefficient (Wildman–Crippen LogP) is 1.33. The lowest BCUT2D eigenvalue weighted by atomic mass is 10.1. The van der Waals surface area contributed by atoms with E-state index in [4.69, 9.17) is 10.5 Å². The molecule has 1 aromatic rings. The maximum absolute atomic E-state index is 6.07. The van der Waals surface area contributed by atoms with Gasteiger partial charge in [0.1, 0.15) is 0 Å². The molecule has 106 valence electrons. The molecule has 5 heteroatoms. The van der Waals surface area contributed by atoms with Gasteiger partial charge < -0.3 is 15.0 Å². The summed E-state index contributed by atoms with van der Waals surface area (Å²) in [5.41, 5.74) is 7.35. The Morgan fingerprint density at radius 1 is 1.47 bits per heavy atom. The molecule has 2 saturated carbocycles. The molecule has 3 rings (SSSR count). The third-order valence-corrected chi connectivity index (χ3v) is 4.17. The van der Waals surface area contributed by atoms with Crippen LogP contribution in [0.2, 0.25) is 0 Å². The van der Waals surface area contributed by atoms with Crippen LogP contribution in [0.15, 0.2) is 12.5 Å². The van der Waals surface area contributed by atoms with Crippen molar-refractivity contribution in [3.8, 4) is 0 Å². The summed E-state index contributed by atoms with van der Waals surface area (Å²) in [6.45, 7) is 2.38. The molecule has 5 nitrogen and oxygen atoms in total. The van der Waals surface area contributed by atoms with Crippen molar-refractivity contribution in [2.75, 3.05) is 26.8 Å². The minimum absolute atomic E-state index is 0.283. The van der Waals surface area contributed by atoms with E-state index in [1.165, 1.54) is 31.4 Å². The number of rotatable bonds is 8. The Balaban J connectivity index is 1.78. The Labute approximate surface area is 114 Å². The first-order valence-corrected chi connectivity index (χ1v) is 7.31. The topological polar surface area (TPSA) is 56.3 Å². The van der Waals surface area contributed by atoms with E-state index in [0.717, 1.165) is 13.2 Å². The molecule has 2 fully saturated rings. The van der Waals surface area contributed by atoms with Gasteiger partial charge in [-0.1, -0.05) is 0 Å². The van der Waals surface area contributed by atoms with Gasteiger partial charge >= 0.3 is 0 Å². The summed E-state index contributed by atoms with van der Waals surface area (Å²) in [7, 11) is 1.76. The lowest BCUT2D eigenvalue weighted by molar-refractivity contribution is 0.112. The van der Waals surface area contributed by atoms with Crippen molar-refractivity contribution >= 4 is 0 Å². The number of nitrogens with two attached hydrogens (primary N) is 1. The van der Waals surface area contributed by atoms with Gasteiger partial charge in [0.2, 0.25) is 0 Å². The molecule has 0 radical (unpaired) electrons. The molecule has 0 saturated heterocycles. The van der Waals surface area contributed by atoms with Gasteiger partial charge in [-0.3, -0.25) is 4.90 Å². The SMILES string of the molecule is COCCN(C1CC1)C(CN)c1cncn1C1CC1.